The first-order valence-corrected chi connectivity index (χ1v) is 7.32. The highest BCUT2D eigenvalue weighted by Gasteiger charge is 2.15. The molecule has 1 aromatic carbocycles. The van der Waals surface area contributed by atoms with Crippen molar-refractivity contribution in [3.8, 4) is 0 Å². The van der Waals surface area contributed by atoms with Gasteiger partial charge in [0.15, 0.2) is 0 Å². The molecule has 2 rings (SSSR count). The van der Waals surface area contributed by atoms with Crippen molar-refractivity contribution in [2.24, 2.45) is 0 Å². The monoisotopic (exact) mass is 315 g/mol. The van der Waals surface area contributed by atoms with E-state index in [2.05, 4.69) is 11.8 Å². The minimum atomic E-state index is -0.879. The molecule has 0 atom stereocenters. The maximum atomic E-state index is 10.2. The van der Waals surface area contributed by atoms with Gasteiger partial charge in [0.2, 0.25) is 0 Å². The molecule has 0 spiro atoms. The second-order valence-electron chi connectivity index (χ2n) is 5.10. The second-order valence-corrected chi connectivity index (χ2v) is 5.10. The van der Waals surface area contributed by atoms with Gasteiger partial charge >= 0.3 is 5.97 Å². The van der Waals surface area contributed by atoms with Gasteiger partial charge in [0.25, 0.3) is 0 Å². The molecule has 1 aliphatic rings. The van der Waals surface area contributed by atoms with Crippen molar-refractivity contribution in [1.29, 1.82) is 0 Å². The van der Waals surface area contributed by atoms with Crippen LogP contribution in [0, 0.1) is 0 Å². The molecule has 0 aromatic heterocycles. The minimum absolute atomic E-state index is 0. The molecule has 0 bridgehead atoms. The number of piperidine rings is 1. The third-order valence-electron chi connectivity index (χ3n) is 3.41. The Hall–Kier alpha value is -1.10. The number of hydrogen-bond acceptors (Lipinski definition) is 3. The molecular formula is C16H26ClNO3. The number of benzene rings is 1. The average molecular weight is 316 g/mol. The molecule has 4 nitrogen and oxygen atoms in total. The Bertz CT molecular complexity index is 376. The smallest absolute Gasteiger partial charge is 0.335 e. The average Bonchev–Trinajstić information content (AvgIpc) is 2.48. The Morgan fingerprint density at radius 3 is 2.24 bits per heavy atom. The molecule has 1 fully saturated rings. The van der Waals surface area contributed by atoms with Gasteiger partial charge in [-0.15, -0.1) is 12.4 Å². The summed E-state index contributed by atoms with van der Waals surface area (Å²) in [5, 5.41) is 17.6. The van der Waals surface area contributed by atoms with Crippen LogP contribution in [-0.4, -0.2) is 46.8 Å². The van der Waals surface area contributed by atoms with E-state index < -0.39 is 5.97 Å². The van der Waals surface area contributed by atoms with Gasteiger partial charge in [-0.3, -0.25) is 0 Å². The molecular weight excluding hydrogens is 290 g/mol. The van der Waals surface area contributed by atoms with E-state index in [1.165, 1.54) is 19.4 Å². The van der Waals surface area contributed by atoms with E-state index in [0.29, 0.717) is 5.56 Å². The first-order chi connectivity index (χ1) is 9.63. The summed E-state index contributed by atoms with van der Waals surface area (Å²) in [4.78, 5) is 12.7. The van der Waals surface area contributed by atoms with E-state index in [0.717, 1.165) is 25.9 Å². The number of aliphatic hydroxyl groups is 1. The zero-order valence-corrected chi connectivity index (χ0v) is 13.4. The summed E-state index contributed by atoms with van der Waals surface area (Å²) < 4.78 is 0. The number of aromatic carboxylic acids is 1. The minimum Gasteiger partial charge on any atom is -0.478 e. The number of rotatable bonds is 4. The maximum absolute atomic E-state index is 10.2. The van der Waals surface area contributed by atoms with Gasteiger partial charge in [0, 0.05) is 13.1 Å². The van der Waals surface area contributed by atoms with Crippen LogP contribution in [0.15, 0.2) is 30.3 Å². The predicted molar refractivity (Wildman–Crippen MR) is 87.2 cm³/mol. The lowest BCUT2D eigenvalue weighted by molar-refractivity contribution is 0.0696. The first-order valence-electron chi connectivity index (χ1n) is 7.32. The number of aliphatic hydroxyl groups excluding tert-OH is 1. The SMILES string of the molecule is CCCCN1CCC(O)CC1.Cl.O=C(O)c1ccccc1. The van der Waals surface area contributed by atoms with Crippen LogP contribution in [0.4, 0.5) is 0 Å². The molecule has 0 amide bonds. The summed E-state index contributed by atoms with van der Waals surface area (Å²) >= 11 is 0. The summed E-state index contributed by atoms with van der Waals surface area (Å²) in [6.45, 7) is 5.64. The van der Waals surface area contributed by atoms with Crippen LogP contribution in [0.5, 0.6) is 0 Å². The predicted octanol–water partition coefficient (Wildman–Crippen LogP) is 3.05. The van der Waals surface area contributed by atoms with Gasteiger partial charge in [0.05, 0.1) is 11.7 Å². The van der Waals surface area contributed by atoms with E-state index in [1.54, 1.807) is 30.3 Å². The Labute approximate surface area is 133 Å². The first kappa shape index (κ1) is 19.9. The van der Waals surface area contributed by atoms with Crippen molar-refractivity contribution >= 4 is 18.4 Å². The molecule has 21 heavy (non-hydrogen) atoms. The standard InChI is InChI=1S/C9H19NO.C7H6O2.ClH/c1-2-3-6-10-7-4-9(11)5-8-10;8-7(9)6-4-2-1-3-5-6;/h9,11H,2-8H2,1H3;1-5H,(H,8,9);1H. The van der Waals surface area contributed by atoms with E-state index in [-0.39, 0.29) is 18.5 Å². The van der Waals surface area contributed by atoms with Crippen molar-refractivity contribution < 1.29 is 15.0 Å². The number of nitrogens with zero attached hydrogens (tertiary/aromatic N) is 1. The summed E-state index contributed by atoms with van der Waals surface area (Å²) in [6, 6.07) is 8.30. The van der Waals surface area contributed by atoms with Crippen LogP contribution in [0.1, 0.15) is 43.0 Å². The topological polar surface area (TPSA) is 60.8 Å². The molecule has 1 aromatic rings. The quantitative estimate of drug-likeness (QED) is 0.896. The molecule has 0 unspecified atom stereocenters. The fourth-order valence-electron chi connectivity index (χ4n) is 2.11. The molecule has 2 N–H and O–H groups in total. The van der Waals surface area contributed by atoms with Gasteiger partial charge in [-0.05, 0) is 37.9 Å². The Morgan fingerprint density at radius 1 is 1.24 bits per heavy atom. The lowest BCUT2D eigenvalue weighted by Crippen LogP contribution is -2.36. The van der Waals surface area contributed by atoms with E-state index >= 15 is 0 Å². The normalized spacial score (nSPS) is 15.5. The molecule has 0 saturated carbocycles. The summed E-state index contributed by atoms with van der Waals surface area (Å²) in [6.07, 6.45) is 4.51. The fraction of sp³-hybridized carbons (Fsp3) is 0.562. The lowest BCUT2D eigenvalue weighted by Gasteiger charge is -2.29. The van der Waals surface area contributed by atoms with Crippen LogP contribution in [0.2, 0.25) is 0 Å². The molecule has 1 heterocycles. The maximum Gasteiger partial charge on any atom is 0.335 e. The zero-order chi connectivity index (χ0) is 14.8. The van der Waals surface area contributed by atoms with Crippen LogP contribution in [0.25, 0.3) is 0 Å². The molecule has 1 aliphatic heterocycles. The number of unbranched alkanes of at least 4 members (excludes halogenated alkanes) is 1. The van der Waals surface area contributed by atoms with Gasteiger partial charge in [-0.25, -0.2) is 4.79 Å². The zero-order valence-electron chi connectivity index (χ0n) is 12.6. The van der Waals surface area contributed by atoms with Crippen molar-refractivity contribution in [1.82, 2.24) is 4.90 Å². The fourth-order valence-corrected chi connectivity index (χ4v) is 2.11. The lowest BCUT2D eigenvalue weighted by atomic mass is 10.1. The third kappa shape index (κ3) is 8.71. The number of hydrogen-bond donors (Lipinski definition) is 2. The van der Waals surface area contributed by atoms with Crippen LogP contribution in [0.3, 0.4) is 0 Å². The summed E-state index contributed by atoms with van der Waals surface area (Å²) in [5.41, 5.74) is 0.331. The van der Waals surface area contributed by atoms with Crippen LogP contribution in [-0.2, 0) is 0 Å². The highest BCUT2D eigenvalue weighted by atomic mass is 35.5. The largest absolute Gasteiger partial charge is 0.478 e. The summed E-state index contributed by atoms with van der Waals surface area (Å²) in [7, 11) is 0. The van der Waals surface area contributed by atoms with Gasteiger partial charge in [0.1, 0.15) is 0 Å². The van der Waals surface area contributed by atoms with Crippen molar-refractivity contribution in [2.45, 2.75) is 38.7 Å². The molecule has 0 aliphatic carbocycles. The van der Waals surface area contributed by atoms with E-state index in [4.69, 9.17) is 5.11 Å². The van der Waals surface area contributed by atoms with E-state index in [1.807, 2.05) is 0 Å². The Balaban J connectivity index is 0.000000370. The van der Waals surface area contributed by atoms with Crippen molar-refractivity contribution in [3.05, 3.63) is 35.9 Å². The van der Waals surface area contributed by atoms with Crippen molar-refractivity contribution in [2.75, 3.05) is 19.6 Å². The Morgan fingerprint density at radius 2 is 1.81 bits per heavy atom. The van der Waals surface area contributed by atoms with Crippen molar-refractivity contribution in [3.63, 3.8) is 0 Å². The number of carbonyl (C=O) groups is 1. The second kappa shape index (κ2) is 11.5. The number of carboxylic acids is 1. The van der Waals surface area contributed by atoms with E-state index in [9.17, 15) is 9.90 Å². The Kier molecular flexibility index (Phi) is 10.9. The highest BCUT2D eigenvalue weighted by Crippen LogP contribution is 2.10. The molecule has 5 heteroatoms. The molecule has 1 saturated heterocycles. The van der Waals surface area contributed by atoms with Gasteiger partial charge in [-0.1, -0.05) is 31.5 Å². The van der Waals surface area contributed by atoms with Crippen LogP contribution < -0.4 is 0 Å². The van der Waals surface area contributed by atoms with Gasteiger partial charge in [-0.2, -0.15) is 0 Å². The van der Waals surface area contributed by atoms with Crippen LogP contribution >= 0.6 is 12.4 Å². The number of likely N-dealkylation sites (tertiary alicyclic amines) is 1. The number of carboxylic acid groups (broad SMARTS) is 1. The third-order valence-corrected chi connectivity index (χ3v) is 3.41. The number of halogens is 1. The molecule has 120 valence electrons. The van der Waals surface area contributed by atoms with Gasteiger partial charge < -0.3 is 15.1 Å². The summed E-state index contributed by atoms with van der Waals surface area (Å²) in [5.74, 6) is -0.879. The highest BCUT2D eigenvalue weighted by molar-refractivity contribution is 5.87. The molecule has 0 radical (unpaired) electrons.